The second-order valence-electron chi connectivity index (χ2n) is 5.67. The Morgan fingerprint density at radius 2 is 1.88 bits per heavy atom. The molecule has 0 unspecified atom stereocenters. The molecule has 7 heteroatoms. The van der Waals surface area contributed by atoms with E-state index < -0.39 is 17.7 Å². The van der Waals surface area contributed by atoms with Gasteiger partial charge in [-0.25, -0.2) is 13.6 Å². The number of rotatable bonds is 4. The van der Waals surface area contributed by atoms with Crippen molar-refractivity contribution < 1.29 is 23.1 Å². The van der Waals surface area contributed by atoms with Crippen LogP contribution in [0.25, 0.3) is 0 Å². The number of nitrogens with zero attached hydrogens (tertiary/aromatic N) is 1. The van der Waals surface area contributed by atoms with E-state index in [-0.39, 0.29) is 36.7 Å². The van der Waals surface area contributed by atoms with E-state index in [4.69, 9.17) is 4.74 Å². The van der Waals surface area contributed by atoms with E-state index in [1.165, 1.54) is 29.3 Å². The molecule has 0 spiro atoms. The lowest BCUT2D eigenvalue weighted by Gasteiger charge is -2.23. The number of carbonyl (C=O) groups is 2. The first-order valence-corrected chi connectivity index (χ1v) is 7.98. The van der Waals surface area contributed by atoms with Gasteiger partial charge in [0, 0.05) is 19.2 Å². The molecule has 0 saturated heterocycles. The minimum Gasteiger partial charge on any atom is -0.444 e. The highest BCUT2D eigenvalue weighted by atomic mass is 19.2. The number of nitrogens with one attached hydrogen (secondary N) is 1. The van der Waals surface area contributed by atoms with Gasteiger partial charge in [-0.1, -0.05) is 30.3 Å². The Labute approximate surface area is 148 Å². The topological polar surface area (TPSA) is 58.6 Å². The maximum Gasteiger partial charge on any atom is 0.412 e. The second-order valence-corrected chi connectivity index (χ2v) is 5.67. The van der Waals surface area contributed by atoms with Gasteiger partial charge in [0.2, 0.25) is 0 Å². The molecule has 0 bridgehead atoms. The van der Waals surface area contributed by atoms with Gasteiger partial charge in [0.1, 0.15) is 6.61 Å². The summed E-state index contributed by atoms with van der Waals surface area (Å²) in [6.07, 6.45) is 2.06. The van der Waals surface area contributed by atoms with E-state index >= 15 is 0 Å². The number of hydrogen-bond acceptors (Lipinski definition) is 4. The second kappa shape index (κ2) is 7.77. The first-order valence-electron chi connectivity index (χ1n) is 7.98. The monoisotopic (exact) mass is 358 g/mol. The number of amides is 1. The lowest BCUT2D eigenvalue weighted by molar-refractivity contribution is -0.114. The number of halogens is 2. The van der Waals surface area contributed by atoms with Gasteiger partial charge >= 0.3 is 6.09 Å². The fourth-order valence-corrected chi connectivity index (χ4v) is 2.49. The van der Waals surface area contributed by atoms with Crippen LogP contribution in [0.5, 0.6) is 0 Å². The SMILES string of the molecule is O=C1C=CN(c2ccc(NC(=O)OCc3ccccc3)c(F)c2F)CC1. The van der Waals surface area contributed by atoms with Crippen molar-refractivity contribution in [1.82, 2.24) is 0 Å². The first kappa shape index (κ1) is 17.6. The molecule has 26 heavy (non-hydrogen) atoms. The molecule has 1 N–H and O–H groups in total. The van der Waals surface area contributed by atoms with Crippen LogP contribution in [0.1, 0.15) is 12.0 Å². The molecule has 1 heterocycles. The molecule has 0 aliphatic carbocycles. The van der Waals surface area contributed by atoms with Crippen LogP contribution in [0.2, 0.25) is 0 Å². The van der Waals surface area contributed by atoms with Crippen molar-refractivity contribution in [2.45, 2.75) is 13.0 Å². The van der Waals surface area contributed by atoms with E-state index in [2.05, 4.69) is 5.32 Å². The molecule has 134 valence electrons. The lowest BCUT2D eigenvalue weighted by atomic mass is 10.1. The van der Waals surface area contributed by atoms with Crippen molar-refractivity contribution in [3.05, 3.63) is 71.9 Å². The number of allylic oxidation sites excluding steroid dienone is 1. The Morgan fingerprint density at radius 1 is 1.12 bits per heavy atom. The third kappa shape index (κ3) is 4.05. The fourth-order valence-electron chi connectivity index (χ4n) is 2.49. The Bertz CT molecular complexity index is 853. The molecule has 0 radical (unpaired) electrons. The fraction of sp³-hybridized carbons (Fsp3) is 0.158. The van der Waals surface area contributed by atoms with E-state index in [1.54, 1.807) is 24.3 Å². The molecule has 2 aromatic rings. The summed E-state index contributed by atoms with van der Waals surface area (Å²) in [7, 11) is 0. The minimum absolute atomic E-state index is 0.00514. The van der Waals surface area contributed by atoms with E-state index in [0.29, 0.717) is 0 Å². The lowest BCUT2D eigenvalue weighted by Crippen LogP contribution is -2.25. The van der Waals surface area contributed by atoms with E-state index in [9.17, 15) is 18.4 Å². The predicted molar refractivity (Wildman–Crippen MR) is 92.7 cm³/mol. The average Bonchev–Trinajstić information content (AvgIpc) is 2.66. The summed E-state index contributed by atoms with van der Waals surface area (Å²) >= 11 is 0. The summed E-state index contributed by atoms with van der Waals surface area (Å²) in [5.41, 5.74) is 0.451. The third-order valence-electron chi connectivity index (χ3n) is 3.86. The van der Waals surface area contributed by atoms with Gasteiger partial charge in [-0.15, -0.1) is 0 Å². The number of ether oxygens (including phenoxy) is 1. The summed E-state index contributed by atoms with van der Waals surface area (Å²) in [6, 6.07) is 11.6. The highest BCUT2D eigenvalue weighted by molar-refractivity contribution is 5.92. The molecule has 2 aromatic carbocycles. The molecule has 0 aromatic heterocycles. The Morgan fingerprint density at radius 3 is 2.58 bits per heavy atom. The first-order chi connectivity index (χ1) is 12.5. The van der Waals surface area contributed by atoms with Crippen molar-refractivity contribution in [3.63, 3.8) is 0 Å². The summed E-state index contributed by atoms with van der Waals surface area (Å²) < 4.78 is 33.6. The molecule has 0 atom stereocenters. The highest BCUT2D eigenvalue weighted by Crippen LogP contribution is 2.28. The summed E-state index contributed by atoms with van der Waals surface area (Å²) in [4.78, 5) is 24.4. The quantitative estimate of drug-likeness (QED) is 0.897. The molecule has 5 nitrogen and oxygen atoms in total. The molecule has 1 aliphatic heterocycles. The highest BCUT2D eigenvalue weighted by Gasteiger charge is 2.20. The van der Waals surface area contributed by atoms with Gasteiger partial charge in [0.25, 0.3) is 0 Å². The minimum atomic E-state index is -1.19. The van der Waals surface area contributed by atoms with Gasteiger partial charge in [-0.3, -0.25) is 10.1 Å². The number of benzene rings is 2. The molecule has 1 aliphatic rings. The number of anilines is 2. The zero-order chi connectivity index (χ0) is 18.5. The number of ketones is 1. The largest absolute Gasteiger partial charge is 0.444 e. The summed E-state index contributed by atoms with van der Waals surface area (Å²) in [6.45, 7) is 0.277. The number of carbonyl (C=O) groups excluding carboxylic acids is 2. The van der Waals surface area contributed by atoms with Crippen molar-refractivity contribution >= 4 is 23.3 Å². The Hall–Kier alpha value is -3.22. The van der Waals surface area contributed by atoms with E-state index in [0.717, 1.165) is 5.56 Å². The maximum atomic E-state index is 14.3. The van der Waals surface area contributed by atoms with Gasteiger partial charge in [0.15, 0.2) is 17.4 Å². The number of hydrogen-bond donors (Lipinski definition) is 1. The van der Waals surface area contributed by atoms with Gasteiger partial charge in [0.05, 0.1) is 11.4 Å². The summed E-state index contributed by atoms with van der Waals surface area (Å²) in [5, 5.41) is 2.19. The Balaban J connectivity index is 1.67. The molecule has 1 amide bonds. The Kier molecular flexibility index (Phi) is 5.26. The maximum absolute atomic E-state index is 14.3. The van der Waals surface area contributed by atoms with Crippen molar-refractivity contribution in [2.24, 2.45) is 0 Å². The van der Waals surface area contributed by atoms with Crippen LogP contribution in [0.3, 0.4) is 0 Å². The normalized spacial score (nSPS) is 13.6. The van der Waals surface area contributed by atoms with Crippen molar-refractivity contribution in [3.8, 4) is 0 Å². The van der Waals surface area contributed by atoms with Crippen molar-refractivity contribution in [1.29, 1.82) is 0 Å². The van der Waals surface area contributed by atoms with Gasteiger partial charge in [-0.2, -0.15) is 0 Å². The predicted octanol–water partition coefficient (Wildman–Crippen LogP) is 4.01. The molecule has 0 saturated carbocycles. The zero-order valence-electron chi connectivity index (χ0n) is 13.7. The third-order valence-corrected chi connectivity index (χ3v) is 3.86. The van der Waals surface area contributed by atoms with Crippen LogP contribution in [0, 0.1) is 11.6 Å². The molecule has 3 rings (SSSR count). The standard InChI is InChI=1S/C19H16F2N2O3/c20-17-15(22-19(25)26-12-13-4-2-1-3-5-13)6-7-16(18(17)21)23-10-8-14(24)9-11-23/h1-8,10H,9,11-12H2,(H,22,25). The van der Waals surface area contributed by atoms with Gasteiger partial charge in [-0.05, 0) is 23.8 Å². The van der Waals surface area contributed by atoms with Gasteiger partial charge < -0.3 is 9.64 Å². The zero-order valence-corrected chi connectivity index (χ0v) is 13.7. The smallest absolute Gasteiger partial charge is 0.412 e. The average molecular weight is 358 g/mol. The van der Waals surface area contributed by atoms with Crippen LogP contribution in [0.4, 0.5) is 25.0 Å². The van der Waals surface area contributed by atoms with Crippen LogP contribution < -0.4 is 10.2 Å². The molecular formula is C19H16F2N2O3. The summed E-state index contributed by atoms with van der Waals surface area (Å²) in [5.74, 6) is -2.36. The van der Waals surface area contributed by atoms with Crippen LogP contribution in [0.15, 0.2) is 54.7 Å². The van der Waals surface area contributed by atoms with E-state index in [1.807, 2.05) is 6.07 Å². The molecular weight excluding hydrogens is 342 g/mol. The van der Waals surface area contributed by atoms with Crippen molar-refractivity contribution in [2.75, 3.05) is 16.8 Å². The molecule has 0 fully saturated rings. The van der Waals surface area contributed by atoms with Crippen LogP contribution >= 0.6 is 0 Å². The van der Waals surface area contributed by atoms with Crippen LogP contribution in [-0.2, 0) is 16.1 Å². The van der Waals surface area contributed by atoms with Crippen LogP contribution in [-0.4, -0.2) is 18.4 Å².